The van der Waals surface area contributed by atoms with Gasteiger partial charge in [-0.1, -0.05) is 19.0 Å². The molecule has 3 rings (SSSR count). The minimum atomic E-state index is -0.788. The normalized spacial score (nSPS) is 19.7. The lowest BCUT2D eigenvalue weighted by Gasteiger charge is -2.35. The van der Waals surface area contributed by atoms with E-state index < -0.39 is 5.97 Å². The van der Waals surface area contributed by atoms with E-state index in [0.717, 1.165) is 0 Å². The molecule has 0 bridgehead atoms. The molecule has 144 valence electrons. The second kappa shape index (κ2) is 8.20. The van der Waals surface area contributed by atoms with E-state index in [0.29, 0.717) is 49.0 Å². The van der Waals surface area contributed by atoms with Crippen molar-refractivity contribution in [2.75, 3.05) is 13.1 Å². The Morgan fingerprint density at radius 1 is 1.33 bits per heavy atom. The maximum atomic E-state index is 12.7. The monoisotopic (exact) mass is 373 g/mol. The van der Waals surface area contributed by atoms with Gasteiger partial charge in [-0.2, -0.15) is 4.98 Å². The molecule has 1 N–H and O–H groups in total. The summed E-state index contributed by atoms with van der Waals surface area (Å²) in [6.45, 7) is 4.90. The molecule has 1 aliphatic rings. The molecule has 8 heteroatoms. The molecule has 0 aliphatic carbocycles. The summed E-state index contributed by atoms with van der Waals surface area (Å²) in [5, 5.41) is 13.0. The maximum Gasteiger partial charge on any atom is 0.306 e. The molecule has 1 aromatic carbocycles. The molecule has 8 nitrogen and oxygen atoms in total. The molecule has 1 fully saturated rings. The number of carbonyl (C=O) groups excluding carboxylic acids is 1. The Morgan fingerprint density at radius 2 is 2.07 bits per heavy atom. The van der Waals surface area contributed by atoms with Crippen LogP contribution >= 0.6 is 0 Å². The van der Waals surface area contributed by atoms with E-state index in [-0.39, 0.29) is 24.3 Å². The summed E-state index contributed by atoms with van der Waals surface area (Å²) < 4.78 is 10.6. The van der Waals surface area contributed by atoms with Gasteiger partial charge in [-0.05, 0) is 36.6 Å². The van der Waals surface area contributed by atoms with E-state index in [9.17, 15) is 14.7 Å². The topological polar surface area (TPSA) is 106 Å². The van der Waals surface area contributed by atoms with E-state index >= 15 is 0 Å². The van der Waals surface area contributed by atoms with Crippen molar-refractivity contribution in [2.24, 2.45) is 11.8 Å². The van der Waals surface area contributed by atoms with Crippen LogP contribution in [0.3, 0.4) is 0 Å². The standard InChI is InChI=1S/C19H23N3O5/c1-3-17-20-16(21-27-17)11-26-14-6-4-13(5-7-14)18(23)22-9-8-15(19(24)25)12(2)10-22/h4-7,12,15H,3,8-11H2,1-2H3,(H,24,25). The molecule has 0 saturated carbocycles. The highest BCUT2D eigenvalue weighted by Crippen LogP contribution is 2.25. The average molecular weight is 373 g/mol. The molecule has 2 unspecified atom stereocenters. The third-order valence-corrected chi connectivity index (χ3v) is 4.79. The second-order valence-corrected chi connectivity index (χ2v) is 6.73. The predicted octanol–water partition coefficient (Wildman–Crippen LogP) is 2.39. The number of aryl methyl sites for hydroxylation is 1. The van der Waals surface area contributed by atoms with Crippen molar-refractivity contribution >= 4 is 11.9 Å². The molecule has 1 amide bonds. The van der Waals surface area contributed by atoms with Gasteiger partial charge in [0.05, 0.1) is 5.92 Å². The average Bonchev–Trinajstić information content (AvgIpc) is 3.14. The summed E-state index contributed by atoms with van der Waals surface area (Å²) in [5.41, 5.74) is 0.552. The molecule has 2 atom stereocenters. The van der Waals surface area contributed by atoms with Crippen LogP contribution in [0.5, 0.6) is 5.75 Å². The van der Waals surface area contributed by atoms with E-state index in [2.05, 4.69) is 10.1 Å². The minimum absolute atomic E-state index is 0.0641. The fourth-order valence-electron chi connectivity index (χ4n) is 3.21. The minimum Gasteiger partial charge on any atom is -0.485 e. The first-order chi connectivity index (χ1) is 13.0. The van der Waals surface area contributed by atoms with Crippen LogP contribution in [0.25, 0.3) is 0 Å². The first-order valence-electron chi connectivity index (χ1n) is 9.04. The van der Waals surface area contributed by atoms with E-state index in [1.807, 2.05) is 13.8 Å². The van der Waals surface area contributed by atoms with E-state index in [1.54, 1.807) is 29.2 Å². The van der Waals surface area contributed by atoms with Gasteiger partial charge in [0.15, 0.2) is 6.61 Å². The number of likely N-dealkylation sites (tertiary alicyclic amines) is 1. The molecular weight excluding hydrogens is 350 g/mol. The van der Waals surface area contributed by atoms with Gasteiger partial charge in [-0.25, -0.2) is 0 Å². The highest BCUT2D eigenvalue weighted by atomic mass is 16.5. The van der Waals surface area contributed by atoms with Crippen LogP contribution in [-0.4, -0.2) is 45.1 Å². The number of aliphatic carboxylic acids is 1. The first-order valence-corrected chi connectivity index (χ1v) is 9.04. The van der Waals surface area contributed by atoms with E-state index in [1.165, 1.54) is 0 Å². The number of hydrogen-bond acceptors (Lipinski definition) is 6. The van der Waals surface area contributed by atoms with Gasteiger partial charge in [0.2, 0.25) is 11.7 Å². The Hall–Kier alpha value is -2.90. The zero-order chi connectivity index (χ0) is 19.4. The zero-order valence-corrected chi connectivity index (χ0v) is 15.4. The highest BCUT2D eigenvalue weighted by molar-refractivity contribution is 5.94. The van der Waals surface area contributed by atoms with Gasteiger partial charge >= 0.3 is 5.97 Å². The van der Waals surface area contributed by atoms with Gasteiger partial charge in [-0.3, -0.25) is 9.59 Å². The third-order valence-electron chi connectivity index (χ3n) is 4.79. The number of carboxylic acids is 1. The Labute approximate surface area is 157 Å². The lowest BCUT2D eigenvalue weighted by Crippen LogP contribution is -2.44. The van der Waals surface area contributed by atoms with Crippen LogP contribution in [-0.2, 0) is 17.8 Å². The number of carbonyl (C=O) groups is 2. The Kier molecular flexibility index (Phi) is 5.73. The van der Waals surface area contributed by atoms with Crippen molar-refractivity contribution in [3.63, 3.8) is 0 Å². The first kappa shape index (κ1) is 18.9. The maximum absolute atomic E-state index is 12.7. The molecule has 1 saturated heterocycles. The molecular formula is C19H23N3O5. The van der Waals surface area contributed by atoms with Crippen molar-refractivity contribution in [3.05, 3.63) is 41.5 Å². The van der Waals surface area contributed by atoms with Crippen LogP contribution in [0.15, 0.2) is 28.8 Å². The molecule has 27 heavy (non-hydrogen) atoms. The third kappa shape index (κ3) is 4.45. The second-order valence-electron chi connectivity index (χ2n) is 6.73. The van der Waals surface area contributed by atoms with Crippen molar-refractivity contribution < 1.29 is 24.0 Å². The van der Waals surface area contributed by atoms with E-state index in [4.69, 9.17) is 9.26 Å². The summed E-state index contributed by atoms with van der Waals surface area (Å²) in [6, 6.07) is 6.86. The van der Waals surface area contributed by atoms with Crippen LogP contribution in [0, 0.1) is 11.8 Å². The number of ether oxygens (including phenoxy) is 1. The van der Waals surface area contributed by atoms with Gasteiger partial charge < -0.3 is 19.3 Å². The van der Waals surface area contributed by atoms with Crippen LogP contribution in [0.1, 0.15) is 42.3 Å². The van der Waals surface area contributed by atoms with Crippen molar-refractivity contribution in [3.8, 4) is 5.75 Å². The lowest BCUT2D eigenvalue weighted by atomic mass is 9.87. The fourth-order valence-corrected chi connectivity index (χ4v) is 3.21. The predicted molar refractivity (Wildman–Crippen MR) is 95.3 cm³/mol. The molecule has 0 spiro atoms. The number of piperidine rings is 1. The Morgan fingerprint density at radius 3 is 2.67 bits per heavy atom. The summed E-state index contributed by atoms with van der Waals surface area (Å²) >= 11 is 0. The van der Waals surface area contributed by atoms with Gasteiger partial charge in [0.1, 0.15) is 5.75 Å². The summed E-state index contributed by atoms with van der Waals surface area (Å²) in [4.78, 5) is 29.7. The summed E-state index contributed by atoms with van der Waals surface area (Å²) in [7, 11) is 0. The molecule has 1 aromatic heterocycles. The van der Waals surface area contributed by atoms with Gasteiger partial charge in [0.25, 0.3) is 5.91 Å². The lowest BCUT2D eigenvalue weighted by molar-refractivity contribution is -0.145. The number of hydrogen-bond donors (Lipinski definition) is 1. The van der Waals surface area contributed by atoms with Crippen LogP contribution in [0.2, 0.25) is 0 Å². The molecule has 1 aliphatic heterocycles. The van der Waals surface area contributed by atoms with Crippen molar-refractivity contribution in [2.45, 2.75) is 33.3 Å². The number of aromatic nitrogens is 2. The quantitative estimate of drug-likeness (QED) is 0.828. The van der Waals surface area contributed by atoms with Crippen LogP contribution < -0.4 is 4.74 Å². The number of carboxylic acid groups (broad SMARTS) is 1. The molecule has 2 heterocycles. The Bertz CT molecular complexity index is 802. The van der Waals surface area contributed by atoms with Crippen molar-refractivity contribution in [1.29, 1.82) is 0 Å². The summed E-state index contributed by atoms with van der Waals surface area (Å²) in [6.07, 6.45) is 1.15. The SMILES string of the molecule is CCc1nc(COc2ccc(C(=O)N3CCC(C(=O)O)C(C)C3)cc2)no1. The Balaban J connectivity index is 1.56. The molecule has 0 radical (unpaired) electrons. The largest absolute Gasteiger partial charge is 0.485 e. The summed E-state index contributed by atoms with van der Waals surface area (Å²) in [5.74, 6) is 0.311. The van der Waals surface area contributed by atoms with Crippen molar-refractivity contribution in [1.82, 2.24) is 15.0 Å². The zero-order valence-electron chi connectivity index (χ0n) is 15.4. The number of rotatable bonds is 6. The molecule has 2 aromatic rings. The highest BCUT2D eigenvalue weighted by Gasteiger charge is 2.33. The number of benzene rings is 1. The van der Waals surface area contributed by atoms with Gasteiger partial charge in [0, 0.05) is 25.1 Å². The fraction of sp³-hybridized carbons (Fsp3) is 0.474. The number of amides is 1. The smallest absolute Gasteiger partial charge is 0.306 e. The van der Waals surface area contributed by atoms with Crippen LogP contribution in [0.4, 0.5) is 0 Å². The number of nitrogens with zero attached hydrogens (tertiary/aromatic N) is 3. The van der Waals surface area contributed by atoms with Gasteiger partial charge in [-0.15, -0.1) is 0 Å².